The molecule has 0 amide bonds. The fourth-order valence-electron chi connectivity index (χ4n) is 1.86. The van der Waals surface area contributed by atoms with Crippen LogP contribution in [0, 0.1) is 5.82 Å². The fraction of sp³-hybridized carbons (Fsp3) is 0.455. The second kappa shape index (κ2) is 5.32. The summed E-state index contributed by atoms with van der Waals surface area (Å²) in [7, 11) is 0. The van der Waals surface area contributed by atoms with Gasteiger partial charge in [0.25, 0.3) is 0 Å². The smallest absolute Gasteiger partial charge is 0.123 e. The van der Waals surface area contributed by atoms with Gasteiger partial charge in [0.2, 0.25) is 0 Å². The molecule has 0 saturated carbocycles. The minimum atomic E-state index is -0.134. The number of rotatable bonds is 1. The van der Waals surface area contributed by atoms with E-state index in [9.17, 15) is 4.39 Å². The van der Waals surface area contributed by atoms with Crippen LogP contribution in [-0.4, -0.2) is 6.54 Å². The molecular formula is C11H15ClFN. The van der Waals surface area contributed by atoms with Gasteiger partial charge in [-0.1, -0.05) is 18.6 Å². The van der Waals surface area contributed by atoms with Gasteiger partial charge in [0, 0.05) is 6.04 Å². The van der Waals surface area contributed by atoms with Crippen LogP contribution in [0.25, 0.3) is 0 Å². The molecule has 0 aliphatic carbocycles. The van der Waals surface area contributed by atoms with Gasteiger partial charge < -0.3 is 5.32 Å². The quantitative estimate of drug-likeness (QED) is 0.759. The lowest BCUT2D eigenvalue weighted by atomic mass is 9.98. The number of piperidine rings is 1. The highest BCUT2D eigenvalue weighted by molar-refractivity contribution is 5.85. The van der Waals surface area contributed by atoms with Crippen LogP contribution in [0.3, 0.4) is 0 Å². The second-order valence-electron chi connectivity index (χ2n) is 3.56. The molecule has 0 aromatic heterocycles. The van der Waals surface area contributed by atoms with Gasteiger partial charge in [-0.2, -0.15) is 0 Å². The third-order valence-electron chi connectivity index (χ3n) is 2.56. The molecule has 1 fully saturated rings. The van der Waals surface area contributed by atoms with Crippen LogP contribution in [0.15, 0.2) is 24.3 Å². The van der Waals surface area contributed by atoms with Gasteiger partial charge in [0.1, 0.15) is 5.82 Å². The maximum atomic E-state index is 12.9. The molecule has 1 unspecified atom stereocenters. The lowest BCUT2D eigenvalue weighted by molar-refractivity contribution is 0.411. The Hall–Kier alpha value is -0.600. The van der Waals surface area contributed by atoms with E-state index in [0.717, 1.165) is 18.5 Å². The van der Waals surface area contributed by atoms with Crippen molar-refractivity contribution in [3.8, 4) is 0 Å². The summed E-state index contributed by atoms with van der Waals surface area (Å²) in [6, 6.07) is 7.26. The number of hydrogen-bond acceptors (Lipinski definition) is 1. The molecule has 78 valence electrons. The molecule has 1 aliphatic rings. The predicted octanol–water partition coefficient (Wildman–Crippen LogP) is 3.06. The van der Waals surface area contributed by atoms with Gasteiger partial charge in [0.15, 0.2) is 0 Å². The molecule has 1 aliphatic heterocycles. The average molecular weight is 216 g/mol. The zero-order valence-corrected chi connectivity index (χ0v) is 8.82. The van der Waals surface area contributed by atoms with Crippen molar-refractivity contribution in [3.05, 3.63) is 35.6 Å². The number of nitrogens with one attached hydrogen (secondary N) is 1. The zero-order chi connectivity index (χ0) is 9.10. The van der Waals surface area contributed by atoms with Crippen LogP contribution in [0.2, 0.25) is 0 Å². The highest BCUT2D eigenvalue weighted by atomic mass is 35.5. The molecule has 1 N–H and O–H groups in total. The standard InChI is InChI=1S/C11H14FN.ClH/c12-10-5-3-4-9(8-10)11-6-1-2-7-13-11;/h3-5,8,11,13H,1-2,6-7H2;1H. The first-order valence-corrected chi connectivity index (χ1v) is 4.85. The van der Waals surface area contributed by atoms with Crippen molar-refractivity contribution in [3.63, 3.8) is 0 Å². The predicted molar refractivity (Wildman–Crippen MR) is 58.2 cm³/mol. The SMILES string of the molecule is Cl.Fc1cccc(C2CCCCN2)c1. The van der Waals surface area contributed by atoms with Gasteiger partial charge in [0.05, 0.1) is 0 Å². The third kappa shape index (κ3) is 2.69. The Morgan fingerprint density at radius 2 is 2.14 bits per heavy atom. The Morgan fingerprint density at radius 3 is 2.79 bits per heavy atom. The summed E-state index contributed by atoms with van der Waals surface area (Å²) >= 11 is 0. The van der Waals surface area contributed by atoms with Crippen molar-refractivity contribution in [2.24, 2.45) is 0 Å². The molecule has 0 radical (unpaired) electrons. The molecule has 3 heteroatoms. The summed E-state index contributed by atoms with van der Waals surface area (Å²) in [5, 5.41) is 3.40. The maximum Gasteiger partial charge on any atom is 0.123 e. The first kappa shape index (κ1) is 11.5. The van der Waals surface area contributed by atoms with E-state index in [1.54, 1.807) is 12.1 Å². The third-order valence-corrected chi connectivity index (χ3v) is 2.56. The largest absolute Gasteiger partial charge is 0.310 e. The minimum Gasteiger partial charge on any atom is -0.310 e. The Bertz CT molecular complexity index is 284. The van der Waals surface area contributed by atoms with Crippen molar-refractivity contribution in [2.45, 2.75) is 25.3 Å². The van der Waals surface area contributed by atoms with E-state index in [0.29, 0.717) is 6.04 Å². The molecule has 1 atom stereocenters. The molecular weight excluding hydrogens is 201 g/mol. The van der Waals surface area contributed by atoms with Crippen LogP contribution in [-0.2, 0) is 0 Å². The lowest BCUT2D eigenvalue weighted by Gasteiger charge is -2.23. The van der Waals surface area contributed by atoms with E-state index < -0.39 is 0 Å². The molecule has 2 rings (SSSR count). The van der Waals surface area contributed by atoms with Gasteiger partial charge in [-0.3, -0.25) is 0 Å². The van der Waals surface area contributed by atoms with Gasteiger partial charge >= 0.3 is 0 Å². The highest BCUT2D eigenvalue weighted by Gasteiger charge is 2.14. The van der Waals surface area contributed by atoms with E-state index in [-0.39, 0.29) is 18.2 Å². The lowest BCUT2D eigenvalue weighted by Crippen LogP contribution is -2.26. The average Bonchev–Trinajstić information content (AvgIpc) is 2.19. The molecule has 1 aromatic rings. The summed E-state index contributed by atoms with van der Waals surface area (Å²) in [4.78, 5) is 0. The minimum absolute atomic E-state index is 0. The first-order chi connectivity index (χ1) is 6.36. The van der Waals surface area contributed by atoms with Crippen molar-refractivity contribution in [2.75, 3.05) is 6.54 Å². The van der Waals surface area contributed by atoms with E-state index in [1.807, 2.05) is 6.07 Å². The fourth-order valence-corrected chi connectivity index (χ4v) is 1.86. The van der Waals surface area contributed by atoms with Crippen molar-refractivity contribution >= 4 is 12.4 Å². The Kier molecular flexibility index (Phi) is 4.36. The van der Waals surface area contributed by atoms with Crippen molar-refractivity contribution < 1.29 is 4.39 Å². The van der Waals surface area contributed by atoms with Crippen LogP contribution in [0.5, 0.6) is 0 Å². The number of halogens is 2. The molecule has 1 nitrogen and oxygen atoms in total. The number of benzene rings is 1. The highest BCUT2D eigenvalue weighted by Crippen LogP contribution is 2.22. The van der Waals surface area contributed by atoms with E-state index in [1.165, 1.54) is 18.9 Å². The summed E-state index contributed by atoms with van der Waals surface area (Å²) in [6.45, 7) is 1.06. The van der Waals surface area contributed by atoms with E-state index in [4.69, 9.17) is 0 Å². The first-order valence-electron chi connectivity index (χ1n) is 4.85. The van der Waals surface area contributed by atoms with E-state index >= 15 is 0 Å². The van der Waals surface area contributed by atoms with Crippen LogP contribution >= 0.6 is 12.4 Å². The van der Waals surface area contributed by atoms with Crippen molar-refractivity contribution in [1.29, 1.82) is 0 Å². The summed E-state index contributed by atoms with van der Waals surface area (Å²) < 4.78 is 12.9. The summed E-state index contributed by atoms with van der Waals surface area (Å²) in [5.41, 5.74) is 1.08. The zero-order valence-electron chi connectivity index (χ0n) is 8.00. The van der Waals surface area contributed by atoms with Crippen LogP contribution in [0.1, 0.15) is 30.9 Å². The monoisotopic (exact) mass is 215 g/mol. The topological polar surface area (TPSA) is 12.0 Å². The number of hydrogen-bond donors (Lipinski definition) is 1. The Morgan fingerprint density at radius 1 is 1.29 bits per heavy atom. The molecule has 1 saturated heterocycles. The Labute approximate surface area is 90.1 Å². The van der Waals surface area contributed by atoms with Gasteiger partial charge in [-0.05, 0) is 37.1 Å². The van der Waals surface area contributed by atoms with Crippen molar-refractivity contribution in [1.82, 2.24) is 5.32 Å². The molecule has 1 heterocycles. The Balaban J connectivity index is 0.000000980. The maximum absolute atomic E-state index is 12.9. The summed E-state index contributed by atoms with van der Waals surface area (Å²) in [5.74, 6) is -0.134. The van der Waals surface area contributed by atoms with Gasteiger partial charge in [-0.15, -0.1) is 12.4 Å². The van der Waals surface area contributed by atoms with Crippen LogP contribution < -0.4 is 5.32 Å². The summed E-state index contributed by atoms with van der Waals surface area (Å²) in [6.07, 6.45) is 3.61. The molecule has 0 spiro atoms. The molecule has 1 aromatic carbocycles. The molecule has 14 heavy (non-hydrogen) atoms. The van der Waals surface area contributed by atoms with Gasteiger partial charge in [-0.25, -0.2) is 4.39 Å². The normalized spacial score (nSPS) is 21.4. The second-order valence-corrected chi connectivity index (χ2v) is 3.56. The molecule has 0 bridgehead atoms. The van der Waals surface area contributed by atoms with Crippen LogP contribution in [0.4, 0.5) is 4.39 Å². The van der Waals surface area contributed by atoms with E-state index in [2.05, 4.69) is 5.32 Å².